The lowest BCUT2D eigenvalue weighted by Crippen LogP contribution is -2.47. The zero-order valence-corrected chi connectivity index (χ0v) is 21.6. The van der Waals surface area contributed by atoms with Gasteiger partial charge in [-0.15, -0.1) is 11.3 Å². The summed E-state index contributed by atoms with van der Waals surface area (Å²) in [5.74, 6) is -0.696. The van der Waals surface area contributed by atoms with Crippen LogP contribution in [0.15, 0.2) is 60.0 Å². The van der Waals surface area contributed by atoms with Gasteiger partial charge in [0.2, 0.25) is 5.91 Å². The summed E-state index contributed by atoms with van der Waals surface area (Å²) in [7, 11) is 1.55. The lowest BCUT2D eigenvalue weighted by atomic mass is 9.92. The van der Waals surface area contributed by atoms with Crippen molar-refractivity contribution in [3.05, 3.63) is 92.7 Å². The van der Waals surface area contributed by atoms with Gasteiger partial charge in [-0.1, -0.05) is 29.8 Å². The summed E-state index contributed by atoms with van der Waals surface area (Å²) >= 11 is 1.68. The third-order valence-electron chi connectivity index (χ3n) is 6.53. The quantitative estimate of drug-likeness (QED) is 0.350. The summed E-state index contributed by atoms with van der Waals surface area (Å²) in [6, 6.07) is 14.0. The van der Waals surface area contributed by atoms with E-state index in [2.05, 4.69) is 0 Å². The molecule has 3 aromatic rings. The van der Waals surface area contributed by atoms with Crippen LogP contribution in [0.4, 0.5) is 13.2 Å². The molecule has 2 heterocycles. The minimum absolute atomic E-state index is 0.104. The van der Waals surface area contributed by atoms with Crippen LogP contribution in [0.25, 0.3) is 0 Å². The number of amides is 2. The number of alkyl halides is 3. The van der Waals surface area contributed by atoms with Gasteiger partial charge in [0.1, 0.15) is 6.54 Å². The molecule has 9 heteroatoms. The number of carbonyl (C=O) groups excluding carboxylic acids is 2. The summed E-state index contributed by atoms with van der Waals surface area (Å²) < 4.78 is 44.1. The van der Waals surface area contributed by atoms with E-state index < -0.39 is 17.6 Å². The molecule has 1 atom stereocenters. The fourth-order valence-electron chi connectivity index (χ4n) is 4.58. The highest BCUT2D eigenvalue weighted by Gasteiger charge is 2.34. The van der Waals surface area contributed by atoms with Crippen LogP contribution in [0.5, 0.6) is 0 Å². The molecular formula is C28H29F3N2O3S. The van der Waals surface area contributed by atoms with Crippen molar-refractivity contribution in [1.82, 2.24) is 9.80 Å². The smallest absolute Gasteiger partial charge is 0.385 e. The predicted octanol–water partition coefficient (Wildman–Crippen LogP) is 5.73. The molecule has 2 aromatic carbocycles. The number of benzene rings is 2. The lowest BCUT2D eigenvalue weighted by Gasteiger charge is -2.37. The number of carbonyl (C=O) groups is 2. The number of methoxy groups -OCH3 is 1. The van der Waals surface area contributed by atoms with E-state index in [1.807, 2.05) is 47.5 Å². The third kappa shape index (κ3) is 6.22. The Morgan fingerprint density at radius 2 is 1.78 bits per heavy atom. The van der Waals surface area contributed by atoms with E-state index in [1.54, 1.807) is 18.4 Å². The normalized spacial score (nSPS) is 15.4. The first-order chi connectivity index (χ1) is 17.7. The number of halogens is 3. The van der Waals surface area contributed by atoms with Crippen LogP contribution >= 0.6 is 11.3 Å². The van der Waals surface area contributed by atoms with Crippen LogP contribution in [-0.4, -0.2) is 55.0 Å². The molecule has 1 aliphatic rings. The maximum absolute atomic E-state index is 13.7. The highest BCUT2D eigenvalue weighted by atomic mass is 32.1. The fraction of sp³-hybridized carbons (Fsp3) is 0.357. The fourth-order valence-corrected chi connectivity index (χ4v) is 5.49. The van der Waals surface area contributed by atoms with E-state index in [-0.39, 0.29) is 30.6 Å². The van der Waals surface area contributed by atoms with Gasteiger partial charge in [0.25, 0.3) is 5.91 Å². The van der Waals surface area contributed by atoms with Crippen LogP contribution < -0.4 is 0 Å². The molecule has 0 fully saturated rings. The van der Waals surface area contributed by atoms with E-state index in [0.717, 1.165) is 47.4 Å². The van der Waals surface area contributed by atoms with Gasteiger partial charge in [-0.2, -0.15) is 13.2 Å². The van der Waals surface area contributed by atoms with Gasteiger partial charge in [0.15, 0.2) is 0 Å². The number of nitrogens with zero attached hydrogens (tertiary/aromatic N) is 2. The molecule has 0 saturated carbocycles. The molecule has 0 N–H and O–H groups in total. The molecular weight excluding hydrogens is 501 g/mol. The first-order valence-electron chi connectivity index (χ1n) is 12.1. The van der Waals surface area contributed by atoms with Gasteiger partial charge in [-0.3, -0.25) is 9.59 Å². The Bertz CT molecular complexity index is 1220. The zero-order valence-electron chi connectivity index (χ0n) is 20.8. The van der Waals surface area contributed by atoms with Crippen molar-refractivity contribution in [2.24, 2.45) is 0 Å². The maximum Gasteiger partial charge on any atom is 0.416 e. The zero-order chi connectivity index (χ0) is 26.6. The Balaban J connectivity index is 1.58. The van der Waals surface area contributed by atoms with Crippen LogP contribution in [0, 0.1) is 6.92 Å². The van der Waals surface area contributed by atoms with Crippen molar-refractivity contribution in [2.45, 2.75) is 32.0 Å². The molecule has 5 nitrogen and oxygen atoms in total. The van der Waals surface area contributed by atoms with Crippen LogP contribution in [-0.2, 0) is 22.1 Å². The van der Waals surface area contributed by atoms with E-state index in [4.69, 9.17) is 4.74 Å². The molecule has 0 aliphatic carbocycles. The van der Waals surface area contributed by atoms with Crippen LogP contribution in [0.2, 0.25) is 0 Å². The van der Waals surface area contributed by atoms with E-state index in [0.29, 0.717) is 19.6 Å². The first kappa shape index (κ1) is 26.9. The van der Waals surface area contributed by atoms with Crippen LogP contribution in [0.3, 0.4) is 0 Å². The molecule has 196 valence electrons. The van der Waals surface area contributed by atoms with Crippen molar-refractivity contribution < 1.29 is 27.5 Å². The average Bonchev–Trinajstić information content (AvgIpc) is 3.36. The second-order valence-corrected chi connectivity index (χ2v) is 10.1. The summed E-state index contributed by atoms with van der Waals surface area (Å²) in [6.07, 6.45) is -3.26. The van der Waals surface area contributed by atoms with Crippen molar-refractivity contribution >= 4 is 23.2 Å². The highest BCUT2D eigenvalue weighted by Crippen LogP contribution is 2.38. The lowest BCUT2D eigenvalue weighted by molar-refractivity contribution is -0.137. The number of thiophene rings is 1. The Morgan fingerprint density at radius 1 is 1.08 bits per heavy atom. The predicted molar refractivity (Wildman–Crippen MR) is 137 cm³/mol. The third-order valence-corrected chi connectivity index (χ3v) is 7.52. The molecule has 2 amide bonds. The highest BCUT2D eigenvalue weighted by molar-refractivity contribution is 7.10. The van der Waals surface area contributed by atoms with E-state index >= 15 is 0 Å². The minimum Gasteiger partial charge on any atom is -0.385 e. The molecule has 0 saturated heterocycles. The summed E-state index contributed by atoms with van der Waals surface area (Å²) in [5, 5.41) is 2.03. The van der Waals surface area contributed by atoms with Crippen molar-refractivity contribution in [1.29, 1.82) is 0 Å². The number of aryl methyl sites for hydroxylation is 1. The van der Waals surface area contributed by atoms with Crippen molar-refractivity contribution in [2.75, 3.05) is 33.4 Å². The summed E-state index contributed by atoms with van der Waals surface area (Å²) in [5.41, 5.74) is 2.49. The Labute approximate surface area is 218 Å². The van der Waals surface area contributed by atoms with E-state index in [1.165, 1.54) is 9.78 Å². The Morgan fingerprint density at radius 3 is 2.43 bits per heavy atom. The molecule has 1 aliphatic heterocycles. The van der Waals surface area contributed by atoms with E-state index in [9.17, 15) is 22.8 Å². The minimum atomic E-state index is -4.49. The van der Waals surface area contributed by atoms with Gasteiger partial charge in [0, 0.05) is 37.2 Å². The monoisotopic (exact) mass is 530 g/mol. The van der Waals surface area contributed by atoms with Gasteiger partial charge in [0.05, 0.1) is 11.6 Å². The SMILES string of the molecule is COCCCN(CC(=O)N1CCc2sccc2[C@H]1c1ccc(C)cc1)C(=O)c1ccc(C(F)(F)F)cc1. The molecule has 0 spiro atoms. The number of fused-ring (bicyclic) bond motifs is 1. The molecule has 0 radical (unpaired) electrons. The topological polar surface area (TPSA) is 49.9 Å². The van der Waals surface area contributed by atoms with Gasteiger partial charge >= 0.3 is 6.18 Å². The van der Waals surface area contributed by atoms with Crippen molar-refractivity contribution in [3.63, 3.8) is 0 Å². The number of hydrogen-bond acceptors (Lipinski definition) is 4. The molecule has 1 aromatic heterocycles. The Kier molecular flexibility index (Phi) is 8.34. The second kappa shape index (κ2) is 11.5. The molecule has 37 heavy (non-hydrogen) atoms. The number of rotatable bonds is 8. The average molecular weight is 531 g/mol. The summed E-state index contributed by atoms with van der Waals surface area (Å²) in [4.78, 5) is 31.5. The number of hydrogen-bond donors (Lipinski definition) is 0. The largest absolute Gasteiger partial charge is 0.416 e. The van der Waals surface area contributed by atoms with Gasteiger partial charge in [-0.05, 0) is 66.6 Å². The van der Waals surface area contributed by atoms with Crippen molar-refractivity contribution in [3.8, 4) is 0 Å². The van der Waals surface area contributed by atoms with Gasteiger partial charge < -0.3 is 14.5 Å². The molecule has 0 unspecified atom stereocenters. The van der Waals surface area contributed by atoms with Gasteiger partial charge in [-0.25, -0.2) is 0 Å². The Hall–Kier alpha value is -3.17. The van der Waals surface area contributed by atoms with Crippen LogP contribution in [0.1, 0.15) is 50.0 Å². The first-order valence-corrected chi connectivity index (χ1v) is 12.9. The maximum atomic E-state index is 13.7. The molecule has 4 rings (SSSR count). The molecule has 0 bridgehead atoms. The number of ether oxygens (including phenoxy) is 1. The standard InChI is InChI=1S/C28H29F3N2O3S/c1-19-4-6-20(7-5-19)26-23-13-17-37-24(23)12-15-33(26)25(34)18-32(14-3-16-36-2)27(35)21-8-10-22(11-9-21)28(29,30)31/h4-11,13,17,26H,3,12,14-16,18H2,1-2H3/t26-/m1/s1. The summed E-state index contributed by atoms with van der Waals surface area (Å²) in [6.45, 7) is 2.98. The second-order valence-electron chi connectivity index (χ2n) is 9.10.